The molecule has 0 radical (unpaired) electrons. The highest BCUT2D eigenvalue weighted by Gasteiger charge is 2.10. The zero-order chi connectivity index (χ0) is 14.5. The molecule has 1 aromatic heterocycles. The van der Waals surface area contributed by atoms with Crippen LogP contribution >= 0.6 is 11.3 Å². The number of aromatic carboxylic acids is 1. The number of hydrogen-bond donors (Lipinski definition) is 3. The molecule has 0 unspecified atom stereocenters. The number of rotatable bonds is 4. The molecule has 0 saturated heterocycles. The fourth-order valence-corrected chi connectivity index (χ4v) is 1.95. The molecule has 0 spiro atoms. The monoisotopic (exact) mass is 295 g/mol. The molecule has 0 atom stereocenters. The van der Waals surface area contributed by atoms with Crippen LogP contribution in [0.25, 0.3) is 0 Å². The summed E-state index contributed by atoms with van der Waals surface area (Å²) in [6.07, 6.45) is 1.62. The van der Waals surface area contributed by atoms with Gasteiger partial charge in [-0.05, 0) is 18.2 Å². The smallest absolute Gasteiger partial charge is 0.335 e. The van der Waals surface area contributed by atoms with Gasteiger partial charge in [-0.1, -0.05) is 0 Å². The Labute approximate surface area is 117 Å². The summed E-state index contributed by atoms with van der Waals surface area (Å²) in [7, 11) is 0. The first-order valence-corrected chi connectivity index (χ1v) is 6.39. The molecular formula is C12H10FN3O3S. The number of aromatic nitrogens is 1. The van der Waals surface area contributed by atoms with E-state index in [-0.39, 0.29) is 17.8 Å². The van der Waals surface area contributed by atoms with E-state index in [0.717, 1.165) is 10.9 Å². The zero-order valence-corrected chi connectivity index (χ0v) is 10.9. The Bertz CT molecular complexity index is 631. The molecule has 1 heterocycles. The van der Waals surface area contributed by atoms with Crippen molar-refractivity contribution in [3.63, 3.8) is 0 Å². The molecule has 2 rings (SSSR count). The van der Waals surface area contributed by atoms with Gasteiger partial charge in [-0.2, -0.15) is 0 Å². The van der Waals surface area contributed by atoms with Crippen LogP contribution < -0.4 is 10.6 Å². The number of anilines is 1. The molecule has 8 heteroatoms. The molecule has 20 heavy (non-hydrogen) atoms. The summed E-state index contributed by atoms with van der Waals surface area (Å²) in [6.45, 7) is 0.283. The number of carboxylic acid groups (broad SMARTS) is 1. The van der Waals surface area contributed by atoms with Crippen LogP contribution in [0.4, 0.5) is 14.9 Å². The van der Waals surface area contributed by atoms with Crippen LogP contribution in [0.15, 0.2) is 29.9 Å². The lowest BCUT2D eigenvalue weighted by molar-refractivity contribution is 0.0696. The summed E-state index contributed by atoms with van der Waals surface area (Å²) in [5.41, 5.74) is 1.37. The highest BCUT2D eigenvalue weighted by molar-refractivity contribution is 7.09. The minimum absolute atomic E-state index is 0.0863. The largest absolute Gasteiger partial charge is 0.478 e. The standard InChI is InChI=1S/C12H10FN3O3S/c13-9-3-7(11(17)18)1-2-10(9)16-12(19)15-5-8-4-14-6-20-8/h1-4,6H,5H2,(H,17,18)(H2,15,16,19). The number of nitrogens with one attached hydrogen (secondary N) is 2. The Morgan fingerprint density at radius 2 is 2.20 bits per heavy atom. The van der Waals surface area contributed by atoms with Gasteiger partial charge in [0.05, 0.1) is 23.3 Å². The van der Waals surface area contributed by atoms with Crippen LogP contribution in [0.5, 0.6) is 0 Å². The molecule has 104 valence electrons. The summed E-state index contributed by atoms with van der Waals surface area (Å²) in [5, 5.41) is 13.5. The molecule has 0 saturated carbocycles. The van der Waals surface area contributed by atoms with Gasteiger partial charge in [-0.15, -0.1) is 11.3 Å². The number of urea groups is 1. The topological polar surface area (TPSA) is 91.3 Å². The minimum Gasteiger partial charge on any atom is -0.478 e. The minimum atomic E-state index is -1.23. The summed E-state index contributed by atoms with van der Waals surface area (Å²) in [5.74, 6) is -2.04. The second-order valence-corrected chi connectivity index (χ2v) is 4.75. The summed E-state index contributed by atoms with van der Waals surface area (Å²) in [4.78, 5) is 26.9. The number of hydrogen-bond acceptors (Lipinski definition) is 4. The van der Waals surface area contributed by atoms with E-state index in [1.807, 2.05) is 0 Å². The maximum atomic E-state index is 13.6. The Balaban J connectivity index is 1.95. The van der Waals surface area contributed by atoms with Crippen LogP contribution in [-0.2, 0) is 6.54 Å². The second kappa shape index (κ2) is 6.11. The lowest BCUT2D eigenvalue weighted by Crippen LogP contribution is -2.28. The lowest BCUT2D eigenvalue weighted by Gasteiger charge is -2.08. The molecule has 3 N–H and O–H groups in total. The first kappa shape index (κ1) is 13.9. The van der Waals surface area contributed by atoms with E-state index in [9.17, 15) is 14.0 Å². The molecule has 0 bridgehead atoms. The van der Waals surface area contributed by atoms with Gasteiger partial charge in [0.15, 0.2) is 0 Å². The van der Waals surface area contributed by atoms with Crippen molar-refractivity contribution in [3.8, 4) is 0 Å². The molecule has 1 aromatic carbocycles. The van der Waals surface area contributed by atoms with Crippen LogP contribution in [-0.4, -0.2) is 22.1 Å². The van der Waals surface area contributed by atoms with Crippen molar-refractivity contribution < 1.29 is 19.1 Å². The number of nitrogens with zero attached hydrogens (tertiary/aromatic N) is 1. The van der Waals surface area contributed by atoms with Crippen molar-refractivity contribution in [2.75, 3.05) is 5.32 Å². The van der Waals surface area contributed by atoms with Gasteiger partial charge in [0, 0.05) is 11.1 Å². The number of benzene rings is 1. The van der Waals surface area contributed by atoms with Crippen molar-refractivity contribution >= 4 is 29.0 Å². The van der Waals surface area contributed by atoms with E-state index in [4.69, 9.17) is 5.11 Å². The van der Waals surface area contributed by atoms with Crippen LogP contribution in [0, 0.1) is 5.82 Å². The van der Waals surface area contributed by atoms with E-state index in [1.54, 1.807) is 11.7 Å². The molecule has 6 nitrogen and oxygen atoms in total. The Morgan fingerprint density at radius 3 is 2.80 bits per heavy atom. The first-order chi connectivity index (χ1) is 9.56. The van der Waals surface area contributed by atoms with Gasteiger partial charge >= 0.3 is 12.0 Å². The van der Waals surface area contributed by atoms with E-state index in [0.29, 0.717) is 0 Å². The normalized spacial score (nSPS) is 10.1. The van der Waals surface area contributed by atoms with Crippen molar-refractivity contribution in [2.24, 2.45) is 0 Å². The third kappa shape index (κ3) is 3.51. The molecule has 0 aliphatic heterocycles. The van der Waals surface area contributed by atoms with E-state index in [2.05, 4.69) is 15.6 Å². The fraction of sp³-hybridized carbons (Fsp3) is 0.0833. The lowest BCUT2D eigenvalue weighted by atomic mass is 10.2. The van der Waals surface area contributed by atoms with Gasteiger partial charge in [0.1, 0.15) is 5.82 Å². The van der Waals surface area contributed by atoms with Gasteiger partial charge in [-0.25, -0.2) is 14.0 Å². The third-order valence-electron chi connectivity index (χ3n) is 2.37. The van der Waals surface area contributed by atoms with Gasteiger partial charge in [0.25, 0.3) is 0 Å². The number of amides is 2. The van der Waals surface area contributed by atoms with Gasteiger partial charge in [-0.3, -0.25) is 4.98 Å². The third-order valence-corrected chi connectivity index (χ3v) is 3.15. The average molecular weight is 295 g/mol. The van der Waals surface area contributed by atoms with Gasteiger partial charge in [0.2, 0.25) is 0 Å². The number of carbonyl (C=O) groups is 2. The van der Waals surface area contributed by atoms with E-state index >= 15 is 0 Å². The number of halogens is 1. The quantitative estimate of drug-likeness (QED) is 0.807. The molecule has 0 aliphatic carbocycles. The highest BCUT2D eigenvalue weighted by atomic mass is 32.1. The van der Waals surface area contributed by atoms with Crippen molar-refractivity contribution in [3.05, 3.63) is 46.2 Å². The van der Waals surface area contributed by atoms with Crippen molar-refractivity contribution in [2.45, 2.75) is 6.54 Å². The molecule has 2 amide bonds. The highest BCUT2D eigenvalue weighted by Crippen LogP contribution is 2.15. The predicted octanol–water partition coefficient (Wildman–Crippen LogP) is 2.30. The van der Waals surface area contributed by atoms with Crippen molar-refractivity contribution in [1.29, 1.82) is 0 Å². The Kier molecular flexibility index (Phi) is 4.26. The average Bonchev–Trinajstić information content (AvgIpc) is 2.91. The molecule has 0 fully saturated rings. The molecule has 0 aliphatic rings. The van der Waals surface area contributed by atoms with Gasteiger partial charge < -0.3 is 15.7 Å². The van der Waals surface area contributed by atoms with Crippen LogP contribution in [0.2, 0.25) is 0 Å². The number of carbonyl (C=O) groups excluding carboxylic acids is 1. The maximum absolute atomic E-state index is 13.6. The Hall–Kier alpha value is -2.48. The summed E-state index contributed by atoms with van der Waals surface area (Å²) in [6, 6.07) is 2.68. The maximum Gasteiger partial charge on any atom is 0.335 e. The van der Waals surface area contributed by atoms with E-state index in [1.165, 1.54) is 23.5 Å². The van der Waals surface area contributed by atoms with E-state index < -0.39 is 17.8 Å². The molecular weight excluding hydrogens is 285 g/mol. The summed E-state index contributed by atoms with van der Waals surface area (Å²) < 4.78 is 13.6. The number of carboxylic acids is 1. The summed E-state index contributed by atoms with van der Waals surface area (Å²) >= 11 is 1.39. The number of thiazole rings is 1. The molecule has 2 aromatic rings. The van der Waals surface area contributed by atoms with Crippen molar-refractivity contribution in [1.82, 2.24) is 10.3 Å². The predicted molar refractivity (Wildman–Crippen MR) is 71.3 cm³/mol. The zero-order valence-electron chi connectivity index (χ0n) is 10.1. The van der Waals surface area contributed by atoms with Crippen LogP contribution in [0.3, 0.4) is 0 Å². The Morgan fingerprint density at radius 1 is 1.40 bits per heavy atom. The first-order valence-electron chi connectivity index (χ1n) is 5.51. The van der Waals surface area contributed by atoms with Crippen LogP contribution in [0.1, 0.15) is 15.2 Å². The SMILES string of the molecule is O=C(NCc1cncs1)Nc1ccc(C(=O)O)cc1F. The fourth-order valence-electron chi connectivity index (χ4n) is 1.41. The second-order valence-electron chi connectivity index (χ2n) is 3.78.